The number of sulfone groups is 1. The van der Waals surface area contributed by atoms with Crippen molar-refractivity contribution in [2.45, 2.75) is 18.0 Å². The summed E-state index contributed by atoms with van der Waals surface area (Å²) in [6, 6.07) is 14.0. The number of aromatic nitrogens is 2. The smallest absolute Gasteiger partial charge is 0.276 e. The molecule has 1 aliphatic rings. The van der Waals surface area contributed by atoms with Crippen LogP contribution in [-0.2, 0) is 22.9 Å². The Hall–Kier alpha value is -3.20. The number of fused-ring (bicyclic) bond motifs is 1. The van der Waals surface area contributed by atoms with Crippen molar-refractivity contribution in [3.05, 3.63) is 71.8 Å². The van der Waals surface area contributed by atoms with E-state index in [2.05, 4.69) is 10.4 Å². The monoisotopic (exact) mass is 414 g/mol. The Kier molecular flexibility index (Phi) is 4.83. The number of halogens is 1. The zero-order chi connectivity index (χ0) is 20.6. The lowest BCUT2D eigenvalue weighted by Crippen LogP contribution is -2.40. The van der Waals surface area contributed by atoms with E-state index >= 15 is 0 Å². The van der Waals surface area contributed by atoms with Crippen molar-refractivity contribution in [2.24, 2.45) is 0 Å². The van der Waals surface area contributed by atoms with Gasteiger partial charge in [0.1, 0.15) is 11.5 Å². The van der Waals surface area contributed by atoms with Gasteiger partial charge in [0.15, 0.2) is 9.84 Å². The van der Waals surface area contributed by atoms with E-state index in [1.54, 1.807) is 52.0 Å². The molecule has 0 spiro atoms. The molecule has 2 aromatic carbocycles. The van der Waals surface area contributed by atoms with Gasteiger partial charge in [-0.05, 0) is 54.6 Å². The maximum absolute atomic E-state index is 13.1. The number of nitrogens with one attached hydrogen (secondary N) is 1. The summed E-state index contributed by atoms with van der Waals surface area (Å²) in [7, 11) is -3.23. The van der Waals surface area contributed by atoms with E-state index in [0.29, 0.717) is 36.7 Å². The third-order valence-electron chi connectivity index (χ3n) is 4.72. The van der Waals surface area contributed by atoms with Gasteiger partial charge >= 0.3 is 0 Å². The Balaban J connectivity index is 1.46. The summed E-state index contributed by atoms with van der Waals surface area (Å²) in [4.78, 5) is 14.7. The number of nitrogens with zero attached hydrogens (tertiary/aromatic N) is 3. The third kappa shape index (κ3) is 4.00. The molecule has 0 fully saturated rings. The minimum absolute atomic E-state index is 0.181. The van der Waals surface area contributed by atoms with Crippen molar-refractivity contribution in [1.29, 1.82) is 0 Å². The van der Waals surface area contributed by atoms with E-state index in [1.807, 2.05) is 0 Å². The second-order valence-corrected chi connectivity index (χ2v) is 8.84. The second-order valence-electron chi connectivity index (χ2n) is 6.83. The summed E-state index contributed by atoms with van der Waals surface area (Å²) in [5.41, 5.74) is 2.57. The SMILES string of the molecule is CS(=O)(=O)c1ccc(NCc2cc3n(n2)CCN(c2ccc(F)cc2)C3=O)cc1. The van der Waals surface area contributed by atoms with E-state index in [4.69, 9.17) is 0 Å². The summed E-state index contributed by atoms with van der Waals surface area (Å²) < 4.78 is 37.9. The summed E-state index contributed by atoms with van der Waals surface area (Å²) in [6.07, 6.45) is 1.16. The molecular weight excluding hydrogens is 395 g/mol. The molecular formula is C20H19FN4O3S. The average molecular weight is 414 g/mol. The van der Waals surface area contributed by atoms with Crippen molar-refractivity contribution in [2.75, 3.05) is 23.0 Å². The highest BCUT2D eigenvalue weighted by atomic mass is 32.2. The number of carbonyl (C=O) groups excluding carboxylic acids is 1. The van der Waals surface area contributed by atoms with E-state index in [-0.39, 0.29) is 16.6 Å². The normalized spacial score (nSPS) is 14.0. The highest BCUT2D eigenvalue weighted by molar-refractivity contribution is 7.90. The van der Waals surface area contributed by atoms with Crippen LogP contribution < -0.4 is 10.2 Å². The van der Waals surface area contributed by atoms with Gasteiger partial charge in [0.05, 0.1) is 23.7 Å². The maximum Gasteiger partial charge on any atom is 0.276 e. The maximum atomic E-state index is 13.1. The molecule has 0 atom stereocenters. The quantitative estimate of drug-likeness (QED) is 0.694. The first kappa shape index (κ1) is 19.1. The average Bonchev–Trinajstić information content (AvgIpc) is 3.11. The van der Waals surface area contributed by atoms with Gasteiger partial charge in [-0.25, -0.2) is 12.8 Å². The van der Waals surface area contributed by atoms with Crippen LogP contribution >= 0.6 is 0 Å². The van der Waals surface area contributed by atoms with Crippen molar-refractivity contribution >= 4 is 27.1 Å². The minimum atomic E-state index is -3.23. The fourth-order valence-electron chi connectivity index (χ4n) is 3.21. The number of amides is 1. The molecule has 0 bridgehead atoms. The molecule has 0 radical (unpaired) electrons. The van der Waals surface area contributed by atoms with Crippen LogP contribution in [0.3, 0.4) is 0 Å². The lowest BCUT2D eigenvalue weighted by molar-refractivity contribution is 0.0962. The van der Waals surface area contributed by atoms with Gasteiger partial charge in [0.2, 0.25) is 0 Å². The first-order valence-electron chi connectivity index (χ1n) is 8.99. The molecule has 1 aromatic heterocycles. The first-order chi connectivity index (χ1) is 13.8. The molecule has 3 aromatic rings. The van der Waals surface area contributed by atoms with Gasteiger partial charge in [-0.15, -0.1) is 0 Å². The molecule has 29 heavy (non-hydrogen) atoms. The molecule has 2 heterocycles. The Bertz CT molecular complexity index is 1160. The number of hydrogen-bond donors (Lipinski definition) is 1. The number of rotatable bonds is 5. The lowest BCUT2D eigenvalue weighted by atomic mass is 10.2. The van der Waals surface area contributed by atoms with Crippen molar-refractivity contribution in [3.8, 4) is 0 Å². The van der Waals surface area contributed by atoms with Gasteiger partial charge in [0, 0.05) is 24.2 Å². The lowest BCUT2D eigenvalue weighted by Gasteiger charge is -2.27. The molecule has 1 N–H and O–H groups in total. The third-order valence-corrected chi connectivity index (χ3v) is 5.85. The molecule has 1 aliphatic heterocycles. The Labute approximate surface area is 167 Å². The number of carbonyl (C=O) groups is 1. The van der Waals surface area contributed by atoms with Gasteiger partial charge in [0.25, 0.3) is 5.91 Å². The zero-order valence-corrected chi connectivity index (χ0v) is 16.5. The Morgan fingerprint density at radius 2 is 1.76 bits per heavy atom. The van der Waals surface area contributed by atoms with Crippen molar-refractivity contribution in [3.63, 3.8) is 0 Å². The topological polar surface area (TPSA) is 84.3 Å². The highest BCUT2D eigenvalue weighted by Crippen LogP contribution is 2.22. The van der Waals surface area contributed by atoms with Gasteiger partial charge < -0.3 is 10.2 Å². The van der Waals surface area contributed by atoms with Crippen LogP contribution in [0, 0.1) is 5.82 Å². The molecule has 4 rings (SSSR count). The second kappa shape index (κ2) is 7.32. The van der Waals surface area contributed by atoms with E-state index in [1.165, 1.54) is 12.1 Å². The zero-order valence-electron chi connectivity index (χ0n) is 15.7. The fourth-order valence-corrected chi connectivity index (χ4v) is 3.84. The molecule has 0 saturated heterocycles. The molecule has 0 aliphatic carbocycles. The standard InChI is InChI=1S/C20H19FN4O3S/c1-29(27,28)18-8-4-15(5-9-18)22-13-16-12-19-20(26)24(10-11-25(19)23-16)17-6-2-14(21)3-7-17/h2-9,12,22H,10-11,13H2,1H3. The van der Waals surface area contributed by atoms with Gasteiger partial charge in [-0.1, -0.05) is 0 Å². The molecule has 7 nitrogen and oxygen atoms in total. The Morgan fingerprint density at radius 3 is 2.41 bits per heavy atom. The number of anilines is 2. The van der Waals surface area contributed by atoms with Crippen molar-refractivity contribution < 1.29 is 17.6 Å². The summed E-state index contributed by atoms with van der Waals surface area (Å²) in [5.74, 6) is -0.528. The highest BCUT2D eigenvalue weighted by Gasteiger charge is 2.27. The molecule has 0 unspecified atom stereocenters. The van der Waals surface area contributed by atoms with E-state index < -0.39 is 9.84 Å². The first-order valence-corrected chi connectivity index (χ1v) is 10.9. The van der Waals surface area contributed by atoms with Gasteiger partial charge in [-0.2, -0.15) is 5.10 Å². The van der Waals surface area contributed by atoms with Crippen LogP contribution in [0.1, 0.15) is 16.2 Å². The van der Waals surface area contributed by atoms with Crippen LogP contribution in [0.5, 0.6) is 0 Å². The van der Waals surface area contributed by atoms with E-state index in [9.17, 15) is 17.6 Å². The predicted molar refractivity (Wildman–Crippen MR) is 107 cm³/mol. The largest absolute Gasteiger partial charge is 0.379 e. The Morgan fingerprint density at radius 1 is 1.07 bits per heavy atom. The van der Waals surface area contributed by atoms with Crippen LogP contribution in [0.25, 0.3) is 0 Å². The van der Waals surface area contributed by atoms with Crippen LogP contribution in [0.15, 0.2) is 59.5 Å². The van der Waals surface area contributed by atoms with Crippen LogP contribution in [0.2, 0.25) is 0 Å². The van der Waals surface area contributed by atoms with Gasteiger partial charge in [-0.3, -0.25) is 9.48 Å². The van der Waals surface area contributed by atoms with E-state index in [0.717, 1.165) is 11.9 Å². The van der Waals surface area contributed by atoms with Crippen LogP contribution in [0.4, 0.5) is 15.8 Å². The summed E-state index contributed by atoms with van der Waals surface area (Å²) in [5, 5.41) is 7.64. The molecule has 0 saturated carbocycles. The fraction of sp³-hybridized carbons (Fsp3) is 0.200. The van der Waals surface area contributed by atoms with Crippen molar-refractivity contribution in [1.82, 2.24) is 9.78 Å². The summed E-state index contributed by atoms with van der Waals surface area (Å²) in [6.45, 7) is 1.39. The molecule has 1 amide bonds. The number of hydrogen-bond acceptors (Lipinski definition) is 5. The van der Waals surface area contributed by atoms with Crippen LogP contribution in [-0.4, -0.2) is 36.9 Å². The summed E-state index contributed by atoms with van der Waals surface area (Å²) >= 11 is 0. The molecule has 9 heteroatoms. The number of benzene rings is 2. The minimum Gasteiger partial charge on any atom is -0.379 e. The predicted octanol–water partition coefficient (Wildman–Crippen LogP) is 2.70. The molecule has 150 valence electrons.